The van der Waals surface area contributed by atoms with Crippen LogP contribution < -0.4 is 5.32 Å². The molecule has 0 radical (unpaired) electrons. The zero-order valence-corrected chi connectivity index (χ0v) is 14.0. The average Bonchev–Trinajstić information content (AvgIpc) is 2.94. The molecule has 2 fully saturated rings. The van der Waals surface area contributed by atoms with E-state index in [1.807, 2.05) is 0 Å². The van der Waals surface area contributed by atoms with E-state index >= 15 is 0 Å². The van der Waals surface area contributed by atoms with Crippen LogP contribution >= 0.6 is 0 Å². The van der Waals surface area contributed by atoms with Crippen LogP contribution in [-0.4, -0.2) is 35.8 Å². The van der Waals surface area contributed by atoms with Gasteiger partial charge in [-0.2, -0.15) is 0 Å². The van der Waals surface area contributed by atoms with Crippen molar-refractivity contribution in [2.24, 2.45) is 5.92 Å². The van der Waals surface area contributed by atoms with Gasteiger partial charge in [-0.15, -0.1) is 0 Å². The molecule has 3 rings (SSSR count). The molecule has 0 bridgehead atoms. The summed E-state index contributed by atoms with van der Waals surface area (Å²) in [6.07, 6.45) is 6.53. The summed E-state index contributed by atoms with van der Waals surface area (Å²) in [5.41, 5.74) is 1.01. The van der Waals surface area contributed by atoms with Crippen molar-refractivity contribution in [2.45, 2.75) is 51.0 Å². The van der Waals surface area contributed by atoms with Gasteiger partial charge in [0.25, 0.3) is 0 Å². The molecule has 1 saturated heterocycles. The molecular weight excluding hydrogens is 307 g/mol. The Labute approximate surface area is 142 Å². The maximum absolute atomic E-state index is 12.9. The molecule has 2 aliphatic rings. The molecule has 5 heteroatoms. The summed E-state index contributed by atoms with van der Waals surface area (Å²) in [5, 5.41) is 3.06. The van der Waals surface area contributed by atoms with Gasteiger partial charge < -0.3 is 10.2 Å². The van der Waals surface area contributed by atoms with Crippen LogP contribution in [0.25, 0.3) is 0 Å². The van der Waals surface area contributed by atoms with Crippen molar-refractivity contribution in [1.29, 1.82) is 0 Å². The normalized spacial score (nSPS) is 22.0. The molecule has 1 aliphatic heterocycles. The van der Waals surface area contributed by atoms with Crippen LogP contribution in [-0.2, 0) is 16.0 Å². The molecule has 2 amide bonds. The standard InChI is InChI=1S/C19H25FN2O2/c20-16-8-6-14(7-9-16)10-11-22-13-17(12-18(22)23)21-19(24)15-4-2-1-3-5-15/h6-9,15,17H,1-5,10-13H2,(H,21,24)/t17-/m0/s1. The van der Waals surface area contributed by atoms with Crippen LogP contribution in [0.3, 0.4) is 0 Å². The van der Waals surface area contributed by atoms with Crippen LogP contribution in [0, 0.1) is 11.7 Å². The Kier molecular flexibility index (Phi) is 5.48. The Morgan fingerprint density at radius 3 is 2.58 bits per heavy atom. The number of carbonyl (C=O) groups is 2. The van der Waals surface area contributed by atoms with Gasteiger partial charge in [0.1, 0.15) is 5.82 Å². The lowest BCUT2D eigenvalue weighted by Gasteiger charge is -2.23. The van der Waals surface area contributed by atoms with E-state index in [1.54, 1.807) is 17.0 Å². The fourth-order valence-electron chi connectivity index (χ4n) is 3.68. The zero-order valence-electron chi connectivity index (χ0n) is 14.0. The fourth-order valence-corrected chi connectivity index (χ4v) is 3.68. The first-order valence-electron chi connectivity index (χ1n) is 8.94. The van der Waals surface area contributed by atoms with Crippen LogP contribution in [0.4, 0.5) is 4.39 Å². The molecule has 24 heavy (non-hydrogen) atoms. The van der Waals surface area contributed by atoms with Gasteiger partial charge in [-0.3, -0.25) is 9.59 Å². The lowest BCUT2D eigenvalue weighted by Crippen LogP contribution is -2.41. The second-order valence-corrected chi connectivity index (χ2v) is 6.96. The molecule has 1 atom stereocenters. The van der Waals surface area contributed by atoms with Crippen molar-refractivity contribution in [3.63, 3.8) is 0 Å². The van der Waals surface area contributed by atoms with Crippen LogP contribution in [0.15, 0.2) is 24.3 Å². The number of carbonyl (C=O) groups excluding carboxylic acids is 2. The molecule has 0 spiro atoms. The number of rotatable bonds is 5. The van der Waals surface area contributed by atoms with Crippen LogP contribution in [0.5, 0.6) is 0 Å². The summed E-state index contributed by atoms with van der Waals surface area (Å²) in [6.45, 7) is 1.19. The average molecular weight is 332 g/mol. The van der Waals surface area contributed by atoms with Gasteiger partial charge in [0.15, 0.2) is 0 Å². The molecule has 1 N–H and O–H groups in total. The van der Waals surface area contributed by atoms with Gasteiger partial charge in [-0.25, -0.2) is 4.39 Å². The topological polar surface area (TPSA) is 49.4 Å². The second kappa shape index (κ2) is 7.77. The molecular formula is C19H25FN2O2. The summed E-state index contributed by atoms with van der Waals surface area (Å²) in [6, 6.07) is 6.30. The van der Waals surface area contributed by atoms with Crippen LogP contribution in [0.1, 0.15) is 44.1 Å². The third kappa shape index (κ3) is 4.34. The molecule has 4 nitrogen and oxygen atoms in total. The van der Waals surface area contributed by atoms with E-state index in [-0.39, 0.29) is 29.6 Å². The predicted octanol–water partition coefficient (Wildman–Crippen LogP) is 2.67. The fraction of sp³-hybridized carbons (Fsp3) is 0.579. The van der Waals surface area contributed by atoms with E-state index in [2.05, 4.69) is 5.32 Å². The molecule has 1 saturated carbocycles. The van der Waals surface area contributed by atoms with Gasteiger partial charge >= 0.3 is 0 Å². The Morgan fingerprint density at radius 1 is 1.17 bits per heavy atom. The third-order valence-electron chi connectivity index (χ3n) is 5.12. The van der Waals surface area contributed by atoms with Crippen molar-refractivity contribution in [3.8, 4) is 0 Å². The minimum Gasteiger partial charge on any atom is -0.351 e. The molecule has 0 aromatic heterocycles. The molecule has 1 aliphatic carbocycles. The lowest BCUT2D eigenvalue weighted by molar-refractivity contribution is -0.127. The quantitative estimate of drug-likeness (QED) is 0.901. The number of hydrogen-bond donors (Lipinski definition) is 1. The second-order valence-electron chi connectivity index (χ2n) is 6.96. The Balaban J connectivity index is 1.46. The molecule has 0 unspecified atom stereocenters. The number of amides is 2. The van der Waals surface area contributed by atoms with E-state index in [1.165, 1.54) is 18.6 Å². The summed E-state index contributed by atoms with van der Waals surface area (Å²) in [7, 11) is 0. The third-order valence-corrected chi connectivity index (χ3v) is 5.12. The zero-order chi connectivity index (χ0) is 16.9. The van der Waals surface area contributed by atoms with E-state index < -0.39 is 0 Å². The number of halogens is 1. The summed E-state index contributed by atoms with van der Waals surface area (Å²) in [5.74, 6) is 0.0857. The molecule has 130 valence electrons. The van der Waals surface area contributed by atoms with Gasteiger partial charge in [0, 0.05) is 25.4 Å². The van der Waals surface area contributed by atoms with Crippen molar-refractivity contribution in [3.05, 3.63) is 35.6 Å². The van der Waals surface area contributed by atoms with Crippen molar-refractivity contribution in [1.82, 2.24) is 10.2 Å². The van der Waals surface area contributed by atoms with E-state index in [9.17, 15) is 14.0 Å². The first-order valence-corrected chi connectivity index (χ1v) is 8.94. The summed E-state index contributed by atoms with van der Waals surface area (Å²) in [4.78, 5) is 26.2. The highest BCUT2D eigenvalue weighted by Gasteiger charge is 2.32. The highest BCUT2D eigenvalue weighted by Crippen LogP contribution is 2.24. The first-order chi connectivity index (χ1) is 11.6. The number of benzene rings is 1. The minimum atomic E-state index is -0.249. The van der Waals surface area contributed by atoms with Gasteiger partial charge in [-0.05, 0) is 37.0 Å². The number of nitrogens with zero attached hydrogens (tertiary/aromatic N) is 1. The van der Waals surface area contributed by atoms with E-state index in [0.717, 1.165) is 31.2 Å². The van der Waals surface area contributed by atoms with Crippen LogP contribution in [0.2, 0.25) is 0 Å². The summed E-state index contributed by atoms with van der Waals surface area (Å²) >= 11 is 0. The minimum absolute atomic E-state index is 0.0693. The monoisotopic (exact) mass is 332 g/mol. The van der Waals surface area contributed by atoms with E-state index in [0.29, 0.717) is 25.9 Å². The number of nitrogens with one attached hydrogen (secondary N) is 1. The number of hydrogen-bond acceptors (Lipinski definition) is 2. The highest BCUT2D eigenvalue weighted by molar-refractivity contribution is 5.83. The molecule has 1 heterocycles. The number of likely N-dealkylation sites (tertiary alicyclic amines) is 1. The highest BCUT2D eigenvalue weighted by atomic mass is 19.1. The summed E-state index contributed by atoms with van der Waals surface area (Å²) < 4.78 is 12.9. The first kappa shape index (κ1) is 16.9. The molecule has 1 aromatic carbocycles. The smallest absolute Gasteiger partial charge is 0.224 e. The maximum atomic E-state index is 12.9. The van der Waals surface area contributed by atoms with Crippen molar-refractivity contribution in [2.75, 3.05) is 13.1 Å². The van der Waals surface area contributed by atoms with E-state index in [4.69, 9.17) is 0 Å². The molecule has 1 aromatic rings. The predicted molar refractivity (Wildman–Crippen MR) is 89.8 cm³/mol. The SMILES string of the molecule is O=C(N[C@H]1CC(=O)N(CCc2ccc(F)cc2)C1)C1CCCCC1. The largest absolute Gasteiger partial charge is 0.351 e. The van der Waals surface area contributed by atoms with Gasteiger partial charge in [0.05, 0.1) is 6.04 Å². The Hall–Kier alpha value is -1.91. The van der Waals surface area contributed by atoms with Gasteiger partial charge in [-0.1, -0.05) is 31.4 Å². The van der Waals surface area contributed by atoms with Crippen molar-refractivity contribution < 1.29 is 14.0 Å². The Morgan fingerprint density at radius 2 is 1.88 bits per heavy atom. The maximum Gasteiger partial charge on any atom is 0.224 e. The lowest BCUT2D eigenvalue weighted by atomic mass is 9.88. The Bertz CT molecular complexity index is 582. The van der Waals surface area contributed by atoms with Crippen molar-refractivity contribution >= 4 is 11.8 Å². The van der Waals surface area contributed by atoms with Gasteiger partial charge in [0.2, 0.25) is 11.8 Å².